The number of amides is 1. The molecule has 8 nitrogen and oxygen atoms in total. The lowest BCUT2D eigenvalue weighted by molar-refractivity contribution is -0.131. The van der Waals surface area contributed by atoms with Crippen LogP contribution in [0.5, 0.6) is 5.75 Å². The first-order valence-corrected chi connectivity index (χ1v) is 8.77. The van der Waals surface area contributed by atoms with Gasteiger partial charge in [0.05, 0.1) is 25.4 Å². The van der Waals surface area contributed by atoms with E-state index in [1.54, 1.807) is 12.1 Å². The molecule has 0 aliphatic rings. The summed E-state index contributed by atoms with van der Waals surface area (Å²) in [6, 6.07) is 8.54. The van der Waals surface area contributed by atoms with E-state index in [4.69, 9.17) is 14.2 Å². The second-order valence-electron chi connectivity index (χ2n) is 5.65. The highest BCUT2D eigenvalue weighted by Gasteiger charge is 2.20. The van der Waals surface area contributed by atoms with Gasteiger partial charge in [-0.25, -0.2) is 0 Å². The Morgan fingerprint density at radius 1 is 1.22 bits per heavy atom. The van der Waals surface area contributed by atoms with Crippen LogP contribution in [-0.4, -0.2) is 48.8 Å². The molecule has 0 saturated heterocycles. The molecule has 1 aromatic carbocycles. The van der Waals surface area contributed by atoms with E-state index in [0.717, 1.165) is 5.56 Å². The Balaban J connectivity index is 2.32. The van der Waals surface area contributed by atoms with Crippen LogP contribution in [0.25, 0.3) is 5.69 Å². The molecule has 1 N–H and O–H groups in total. The molecule has 146 valence electrons. The van der Waals surface area contributed by atoms with Crippen LogP contribution in [0.4, 0.5) is 0 Å². The lowest BCUT2D eigenvalue weighted by Crippen LogP contribution is -2.37. The number of benzene rings is 1. The van der Waals surface area contributed by atoms with Crippen LogP contribution in [0.1, 0.15) is 29.9 Å². The normalized spacial score (nSPS) is 10.9. The van der Waals surface area contributed by atoms with Crippen LogP contribution in [0.15, 0.2) is 35.1 Å². The maximum absolute atomic E-state index is 12.6. The number of aryl methyl sites for hydroxylation is 1. The van der Waals surface area contributed by atoms with Gasteiger partial charge in [-0.3, -0.25) is 9.59 Å². The maximum atomic E-state index is 12.6. The molecule has 0 bridgehead atoms. The van der Waals surface area contributed by atoms with Crippen molar-refractivity contribution < 1.29 is 19.0 Å². The standard InChI is InChI=1S/C19H25N3O5/c1-5-26-17(27-6-2)12-20-19(24)18-15(25-4)11-16(23)22(21-18)14-10-8-7-9-13(14)3/h7-11,17H,5-6,12H2,1-4H3,(H,20,24). The number of carbonyl (C=O) groups excluding carboxylic acids is 1. The summed E-state index contributed by atoms with van der Waals surface area (Å²) in [5, 5.41) is 6.94. The van der Waals surface area contributed by atoms with Crippen molar-refractivity contribution in [1.82, 2.24) is 15.1 Å². The smallest absolute Gasteiger partial charge is 0.275 e. The number of carbonyl (C=O) groups is 1. The highest BCUT2D eigenvalue weighted by molar-refractivity contribution is 5.94. The number of para-hydroxylation sites is 1. The lowest BCUT2D eigenvalue weighted by Gasteiger charge is -2.18. The van der Waals surface area contributed by atoms with Gasteiger partial charge in [0.1, 0.15) is 0 Å². The third-order valence-corrected chi connectivity index (χ3v) is 3.81. The number of methoxy groups -OCH3 is 1. The fourth-order valence-corrected chi connectivity index (χ4v) is 2.52. The van der Waals surface area contributed by atoms with Gasteiger partial charge in [0.15, 0.2) is 17.7 Å². The summed E-state index contributed by atoms with van der Waals surface area (Å²) in [6.45, 7) is 6.62. The van der Waals surface area contributed by atoms with Gasteiger partial charge in [0, 0.05) is 13.2 Å². The van der Waals surface area contributed by atoms with E-state index in [1.165, 1.54) is 17.9 Å². The van der Waals surface area contributed by atoms with Crippen molar-refractivity contribution in [2.45, 2.75) is 27.1 Å². The second kappa shape index (κ2) is 9.84. The molecule has 0 aliphatic carbocycles. The van der Waals surface area contributed by atoms with Crippen molar-refractivity contribution >= 4 is 5.91 Å². The number of nitrogens with zero attached hydrogens (tertiary/aromatic N) is 2. The van der Waals surface area contributed by atoms with Gasteiger partial charge >= 0.3 is 0 Å². The van der Waals surface area contributed by atoms with Gasteiger partial charge in [-0.05, 0) is 32.4 Å². The summed E-state index contributed by atoms with van der Waals surface area (Å²) in [5.41, 5.74) is 1.07. The zero-order valence-electron chi connectivity index (χ0n) is 16.0. The minimum absolute atomic E-state index is 0.00657. The molecule has 8 heteroatoms. The van der Waals surface area contributed by atoms with Crippen LogP contribution >= 0.6 is 0 Å². The summed E-state index contributed by atoms with van der Waals surface area (Å²) in [7, 11) is 1.38. The van der Waals surface area contributed by atoms with Crippen molar-refractivity contribution in [3.63, 3.8) is 0 Å². The van der Waals surface area contributed by atoms with Crippen molar-refractivity contribution in [3.8, 4) is 11.4 Å². The minimum Gasteiger partial charge on any atom is -0.494 e. The highest BCUT2D eigenvalue weighted by atomic mass is 16.7. The fraction of sp³-hybridized carbons (Fsp3) is 0.421. The van der Waals surface area contributed by atoms with Gasteiger partial charge in [-0.1, -0.05) is 18.2 Å². The minimum atomic E-state index is -0.558. The molecule has 27 heavy (non-hydrogen) atoms. The zero-order chi connectivity index (χ0) is 19.8. The van der Waals surface area contributed by atoms with E-state index < -0.39 is 12.2 Å². The predicted octanol–water partition coefficient (Wildman–Crippen LogP) is 1.68. The van der Waals surface area contributed by atoms with Crippen molar-refractivity contribution in [2.24, 2.45) is 0 Å². The van der Waals surface area contributed by atoms with E-state index in [2.05, 4.69) is 10.4 Å². The van der Waals surface area contributed by atoms with Crippen molar-refractivity contribution in [1.29, 1.82) is 0 Å². The first-order chi connectivity index (χ1) is 13.0. The second-order valence-corrected chi connectivity index (χ2v) is 5.65. The van der Waals surface area contributed by atoms with Crippen molar-refractivity contribution in [2.75, 3.05) is 26.9 Å². The van der Waals surface area contributed by atoms with Gasteiger partial charge < -0.3 is 19.5 Å². The molecule has 1 amide bonds. The zero-order valence-corrected chi connectivity index (χ0v) is 16.0. The Hall–Kier alpha value is -2.71. The summed E-state index contributed by atoms with van der Waals surface area (Å²) in [5.74, 6) is -0.384. The van der Waals surface area contributed by atoms with Gasteiger partial charge in [-0.15, -0.1) is 0 Å². The Labute approximate surface area is 158 Å². The largest absolute Gasteiger partial charge is 0.494 e. The number of hydrogen-bond donors (Lipinski definition) is 1. The first-order valence-electron chi connectivity index (χ1n) is 8.77. The molecule has 0 spiro atoms. The molecule has 0 atom stereocenters. The average Bonchev–Trinajstić information content (AvgIpc) is 2.66. The van der Waals surface area contributed by atoms with Gasteiger partial charge in [-0.2, -0.15) is 9.78 Å². The molecule has 0 fully saturated rings. The maximum Gasteiger partial charge on any atom is 0.275 e. The Morgan fingerprint density at radius 2 is 1.89 bits per heavy atom. The van der Waals surface area contributed by atoms with Gasteiger partial charge in [0.2, 0.25) is 0 Å². The summed E-state index contributed by atoms with van der Waals surface area (Å²) >= 11 is 0. The molecule has 0 unspecified atom stereocenters. The molecule has 0 aliphatic heterocycles. The third-order valence-electron chi connectivity index (χ3n) is 3.81. The number of nitrogens with one attached hydrogen (secondary N) is 1. The van der Waals surface area contributed by atoms with E-state index in [9.17, 15) is 9.59 Å². The van der Waals surface area contributed by atoms with Crippen LogP contribution < -0.4 is 15.6 Å². The quantitative estimate of drug-likeness (QED) is 0.671. The van der Waals surface area contributed by atoms with E-state index in [-0.39, 0.29) is 23.5 Å². The highest BCUT2D eigenvalue weighted by Crippen LogP contribution is 2.16. The summed E-state index contributed by atoms with van der Waals surface area (Å²) < 4.78 is 17.2. The van der Waals surface area contributed by atoms with Crippen LogP contribution in [0.3, 0.4) is 0 Å². The molecular formula is C19H25N3O5. The molecule has 2 rings (SSSR count). The molecule has 1 heterocycles. The topological polar surface area (TPSA) is 91.7 Å². The molecule has 2 aromatic rings. The molecule has 1 aromatic heterocycles. The lowest BCUT2D eigenvalue weighted by atomic mass is 10.2. The Kier molecular flexibility index (Phi) is 7.51. The van der Waals surface area contributed by atoms with Gasteiger partial charge in [0.25, 0.3) is 11.5 Å². The van der Waals surface area contributed by atoms with E-state index in [1.807, 2.05) is 32.9 Å². The number of aromatic nitrogens is 2. The fourth-order valence-electron chi connectivity index (χ4n) is 2.52. The molecule has 0 radical (unpaired) electrons. The van der Waals surface area contributed by atoms with Crippen LogP contribution in [0, 0.1) is 6.92 Å². The monoisotopic (exact) mass is 375 g/mol. The van der Waals surface area contributed by atoms with Crippen LogP contribution in [0.2, 0.25) is 0 Å². The SMILES string of the molecule is CCOC(CNC(=O)c1nn(-c2ccccc2C)c(=O)cc1OC)OCC. The summed E-state index contributed by atoms with van der Waals surface area (Å²) in [4.78, 5) is 25.0. The average molecular weight is 375 g/mol. The predicted molar refractivity (Wildman–Crippen MR) is 100 cm³/mol. The third kappa shape index (κ3) is 5.15. The van der Waals surface area contributed by atoms with E-state index >= 15 is 0 Å². The molecule has 0 saturated carbocycles. The molecular weight excluding hydrogens is 350 g/mol. The van der Waals surface area contributed by atoms with Crippen LogP contribution in [-0.2, 0) is 9.47 Å². The first kappa shape index (κ1) is 20.6. The number of hydrogen-bond acceptors (Lipinski definition) is 6. The number of ether oxygens (including phenoxy) is 3. The summed E-state index contributed by atoms with van der Waals surface area (Å²) in [6.07, 6.45) is -0.558. The Bertz CT molecular complexity index is 828. The number of rotatable bonds is 9. The van der Waals surface area contributed by atoms with E-state index in [0.29, 0.717) is 18.9 Å². The van der Waals surface area contributed by atoms with Crippen molar-refractivity contribution in [3.05, 3.63) is 51.9 Å². The Morgan fingerprint density at radius 3 is 2.48 bits per heavy atom.